The van der Waals surface area contributed by atoms with Gasteiger partial charge in [0, 0.05) is 11.3 Å². The minimum Gasteiger partial charge on any atom is -0.466 e. The van der Waals surface area contributed by atoms with Gasteiger partial charge < -0.3 is 14.2 Å². The summed E-state index contributed by atoms with van der Waals surface area (Å²) >= 11 is 0. The monoisotopic (exact) mass is 696 g/mol. The molecule has 4 rings (SSSR count). The molecule has 0 bridgehead atoms. The fourth-order valence-corrected chi connectivity index (χ4v) is 5.98. The third-order valence-electron chi connectivity index (χ3n) is 8.41. The maximum atomic E-state index is 14.1. The predicted molar refractivity (Wildman–Crippen MR) is 162 cm³/mol. The minimum atomic E-state index is -5.10. The largest absolute Gasteiger partial charge is 0.466 e. The first-order valence-corrected chi connectivity index (χ1v) is 15.3. The lowest BCUT2D eigenvalue weighted by atomic mass is 9.76. The van der Waals surface area contributed by atoms with Crippen molar-refractivity contribution in [3.05, 3.63) is 117 Å². The van der Waals surface area contributed by atoms with Crippen molar-refractivity contribution in [3.8, 4) is 0 Å². The van der Waals surface area contributed by atoms with Gasteiger partial charge in [-0.1, -0.05) is 60.7 Å². The minimum absolute atomic E-state index is 0.00498. The highest BCUT2D eigenvalue weighted by Crippen LogP contribution is 2.45. The van der Waals surface area contributed by atoms with E-state index in [1.54, 1.807) is 60.7 Å². The van der Waals surface area contributed by atoms with Gasteiger partial charge in [0.1, 0.15) is 12.6 Å². The van der Waals surface area contributed by atoms with E-state index in [0.717, 1.165) is 4.90 Å². The Hall–Kier alpha value is -4.66. The van der Waals surface area contributed by atoms with E-state index in [0.29, 0.717) is 23.3 Å². The number of nitrogens with zero attached hydrogens (tertiary/aromatic N) is 2. The van der Waals surface area contributed by atoms with Crippen molar-refractivity contribution in [2.45, 2.75) is 75.8 Å². The summed E-state index contributed by atoms with van der Waals surface area (Å²) in [7, 11) is 0. The van der Waals surface area contributed by atoms with Gasteiger partial charge in [-0.3, -0.25) is 19.8 Å². The molecule has 3 aromatic carbocycles. The summed E-state index contributed by atoms with van der Waals surface area (Å²) < 4.78 is 98.6. The van der Waals surface area contributed by atoms with E-state index in [1.165, 1.54) is 13.8 Å². The molecule has 0 radical (unpaired) electrons. The van der Waals surface area contributed by atoms with Crippen molar-refractivity contribution in [1.29, 1.82) is 0 Å². The van der Waals surface area contributed by atoms with Gasteiger partial charge in [-0.15, -0.1) is 0 Å². The van der Waals surface area contributed by atoms with Crippen molar-refractivity contribution in [3.63, 3.8) is 0 Å². The smallest absolute Gasteiger partial charge is 0.416 e. The molecule has 1 saturated heterocycles. The van der Waals surface area contributed by atoms with E-state index in [-0.39, 0.29) is 32.1 Å². The van der Waals surface area contributed by atoms with Crippen molar-refractivity contribution in [2.75, 3.05) is 13.2 Å². The average molecular weight is 697 g/mol. The van der Waals surface area contributed by atoms with E-state index in [2.05, 4.69) is 0 Å². The number of rotatable bonds is 11. The fourth-order valence-electron chi connectivity index (χ4n) is 5.98. The third kappa shape index (κ3) is 8.88. The molecule has 0 saturated carbocycles. The molecule has 4 atom stereocenters. The zero-order chi connectivity index (χ0) is 36.0. The zero-order valence-electron chi connectivity index (χ0n) is 26.5. The van der Waals surface area contributed by atoms with Crippen LogP contribution >= 0.6 is 0 Å². The Bertz CT molecular complexity index is 1570. The van der Waals surface area contributed by atoms with Gasteiger partial charge in [-0.2, -0.15) is 26.3 Å². The molecule has 1 heterocycles. The lowest BCUT2D eigenvalue weighted by Crippen LogP contribution is -2.65. The number of benzene rings is 3. The topological polar surface area (TPSA) is 108 Å². The molecule has 0 aliphatic carbocycles. The van der Waals surface area contributed by atoms with Crippen molar-refractivity contribution >= 4 is 12.1 Å². The molecule has 1 fully saturated rings. The number of halogens is 6. The summed E-state index contributed by atoms with van der Waals surface area (Å²) in [6, 6.07) is 14.8. The second-order valence-electron chi connectivity index (χ2n) is 11.6. The lowest BCUT2D eigenvalue weighted by Gasteiger charge is -2.51. The van der Waals surface area contributed by atoms with E-state index in [4.69, 9.17) is 14.2 Å². The molecule has 49 heavy (non-hydrogen) atoms. The first kappa shape index (κ1) is 37.2. The second kappa shape index (κ2) is 15.3. The Morgan fingerprint density at radius 3 is 2.04 bits per heavy atom. The number of nitro groups is 1. The highest BCUT2D eigenvalue weighted by atomic mass is 19.4. The number of piperidine rings is 1. The van der Waals surface area contributed by atoms with Crippen molar-refractivity contribution in [1.82, 2.24) is 4.90 Å². The van der Waals surface area contributed by atoms with E-state index in [9.17, 15) is 46.0 Å². The van der Waals surface area contributed by atoms with Crippen LogP contribution in [-0.2, 0) is 43.5 Å². The Balaban J connectivity index is 1.81. The van der Waals surface area contributed by atoms with Crippen LogP contribution in [0.2, 0.25) is 0 Å². The molecule has 1 amide bonds. The number of alkyl halides is 6. The van der Waals surface area contributed by atoms with Gasteiger partial charge in [0.05, 0.1) is 42.4 Å². The Labute approximate surface area is 277 Å². The van der Waals surface area contributed by atoms with Gasteiger partial charge >= 0.3 is 24.4 Å². The zero-order valence-corrected chi connectivity index (χ0v) is 26.5. The van der Waals surface area contributed by atoms with Crippen LogP contribution in [0.5, 0.6) is 0 Å². The number of carbonyl (C=O) groups excluding carboxylic acids is 2. The summed E-state index contributed by atoms with van der Waals surface area (Å²) in [5.41, 5.74) is -4.15. The quantitative estimate of drug-likeness (QED) is 0.0863. The van der Waals surface area contributed by atoms with Crippen molar-refractivity contribution < 1.29 is 55.1 Å². The first-order valence-electron chi connectivity index (χ1n) is 15.3. The Morgan fingerprint density at radius 1 is 0.939 bits per heavy atom. The summed E-state index contributed by atoms with van der Waals surface area (Å²) in [5.74, 6) is -0.831. The molecule has 0 spiro atoms. The SMILES string of the molecule is CCOC(=O)C[C@@H]1[C@@H]([N+](=O)[O-])CC[C@@](CO[C@H](C)c2cc(C(F)(F)F)cc(C(F)(F)F)c2)(c2ccccc2)N1C(=O)OCc1ccccc1. The van der Waals surface area contributed by atoms with Crippen LogP contribution in [0.15, 0.2) is 78.9 Å². The molecule has 15 heteroatoms. The summed E-state index contributed by atoms with van der Waals surface area (Å²) in [6.45, 7) is 1.95. The van der Waals surface area contributed by atoms with Crippen LogP contribution in [0.25, 0.3) is 0 Å². The number of ether oxygens (including phenoxy) is 3. The van der Waals surface area contributed by atoms with E-state index in [1.807, 2.05) is 0 Å². The molecule has 0 unspecified atom stereocenters. The molecule has 0 aromatic heterocycles. The molecule has 1 aliphatic heterocycles. The molecular formula is C34H34F6N2O7. The van der Waals surface area contributed by atoms with Crippen LogP contribution in [0.1, 0.15) is 67.0 Å². The normalized spacial score (nSPS) is 20.4. The number of carbonyl (C=O) groups is 2. The summed E-state index contributed by atoms with van der Waals surface area (Å²) in [4.78, 5) is 39.7. The lowest BCUT2D eigenvalue weighted by molar-refractivity contribution is -0.536. The molecule has 264 valence electrons. The number of hydrogen-bond acceptors (Lipinski definition) is 7. The predicted octanol–water partition coefficient (Wildman–Crippen LogP) is 8.10. The van der Waals surface area contributed by atoms with Crippen LogP contribution in [0, 0.1) is 10.1 Å². The highest BCUT2D eigenvalue weighted by molar-refractivity contribution is 5.74. The first-order chi connectivity index (χ1) is 23.1. The Morgan fingerprint density at radius 2 is 1.51 bits per heavy atom. The van der Waals surface area contributed by atoms with Crippen LogP contribution in [0.4, 0.5) is 31.1 Å². The van der Waals surface area contributed by atoms with Gasteiger partial charge in [0.2, 0.25) is 6.04 Å². The van der Waals surface area contributed by atoms with Gasteiger partial charge in [-0.05, 0) is 55.2 Å². The van der Waals surface area contributed by atoms with Crippen LogP contribution in [-0.4, -0.2) is 47.2 Å². The highest BCUT2D eigenvalue weighted by Gasteiger charge is 2.56. The number of amides is 1. The van der Waals surface area contributed by atoms with Gasteiger partial charge in [0.15, 0.2) is 0 Å². The number of hydrogen-bond donors (Lipinski definition) is 0. The second-order valence-corrected chi connectivity index (χ2v) is 11.6. The van der Waals surface area contributed by atoms with E-state index < -0.39 is 82.8 Å². The van der Waals surface area contributed by atoms with Crippen LogP contribution < -0.4 is 0 Å². The standard InChI is InChI=1S/C34H34F6N2O7/c1-3-47-30(43)19-29-28(42(45)46)14-15-32(25-12-8-5-9-13-25,41(29)31(44)48-20-23-10-6-4-7-11-23)21-49-22(2)24-16-26(33(35,36)37)18-27(17-24)34(38,39)40/h4-13,16-18,22,28-29H,3,14-15,19-21H2,1-2H3/t22-,28+,29-,32-/m1/s1. The summed E-state index contributed by atoms with van der Waals surface area (Å²) in [6.07, 6.45) is -13.5. The molecule has 0 N–H and O–H groups in total. The molecule has 1 aliphatic rings. The van der Waals surface area contributed by atoms with Crippen LogP contribution in [0.3, 0.4) is 0 Å². The average Bonchev–Trinajstić information content (AvgIpc) is 3.06. The fraction of sp³-hybridized carbons (Fsp3) is 0.412. The maximum absolute atomic E-state index is 14.1. The van der Waals surface area contributed by atoms with E-state index >= 15 is 0 Å². The molecular weight excluding hydrogens is 662 g/mol. The number of likely N-dealkylation sites (tertiary alicyclic amines) is 1. The molecule has 9 nitrogen and oxygen atoms in total. The van der Waals surface area contributed by atoms with Crippen molar-refractivity contribution in [2.24, 2.45) is 0 Å². The maximum Gasteiger partial charge on any atom is 0.416 e. The van der Waals surface area contributed by atoms with Gasteiger partial charge in [0.25, 0.3) is 0 Å². The third-order valence-corrected chi connectivity index (χ3v) is 8.41. The summed E-state index contributed by atoms with van der Waals surface area (Å²) in [5, 5.41) is 12.3. The van der Waals surface area contributed by atoms with Gasteiger partial charge in [-0.25, -0.2) is 4.79 Å². The number of esters is 1. The Kier molecular flexibility index (Phi) is 11.6. The molecule has 3 aromatic rings.